The highest BCUT2D eigenvalue weighted by atomic mass is 32.2. The van der Waals surface area contributed by atoms with Crippen molar-refractivity contribution < 1.29 is 14.5 Å². The third kappa shape index (κ3) is 4.75. The smallest absolute Gasteiger partial charge is 0.223 e. The summed E-state index contributed by atoms with van der Waals surface area (Å²) in [6, 6.07) is 14.4. The summed E-state index contributed by atoms with van der Waals surface area (Å²) in [5, 5.41) is 1.71. The van der Waals surface area contributed by atoms with Crippen molar-refractivity contribution in [3.8, 4) is 0 Å². The van der Waals surface area contributed by atoms with Gasteiger partial charge in [-0.1, -0.05) is 36.4 Å². The average Bonchev–Trinajstić information content (AvgIpc) is 3.09. The zero-order valence-electron chi connectivity index (χ0n) is 15.7. The van der Waals surface area contributed by atoms with E-state index in [1.807, 2.05) is 29.2 Å². The fourth-order valence-corrected chi connectivity index (χ4v) is 5.09. The van der Waals surface area contributed by atoms with E-state index in [-0.39, 0.29) is 17.4 Å². The van der Waals surface area contributed by atoms with E-state index in [1.165, 1.54) is 5.56 Å². The van der Waals surface area contributed by atoms with Gasteiger partial charge in [0.25, 0.3) is 0 Å². The third-order valence-electron chi connectivity index (χ3n) is 5.58. The van der Waals surface area contributed by atoms with Gasteiger partial charge in [-0.25, -0.2) is 0 Å². The first-order valence-corrected chi connectivity index (χ1v) is 10.9. The van der Waals surface area contributed by atoms with Crippen LogP contribution in [0.15, 0.2) is 66.3 Å². The van der Waals surface area contributed by atoms with E-state index in [0.717, 1.165) is 18.4 Å². The molecule has 2 aromatic rings. The normalized spacial score (nSPS) is 25.6. The highest BCUT2D eigenvalue weighted by Crippen LogP contribution is 2.43. The van der Waals surface area contributed by atoms with Crippen LogP contribution < -0.4 is 0 Å². The van der Waals surface area contributed by atoms with E-state index < -0.39 is 10.8 Å². The molecular formula is C22H26N2O3S. The van der Waals surface area contributed by atoms with E-state index in [0.29, 0.717) is 30.6 Å². The largest absolute Gasteiger partial charge is 0.412 e. The Morgan fingerprint density at radius 1 is 1.11 bits per heavy atom. The molecule has 1 saturated carbocycles. The molecule has 0 saturated heterocycles. The van der Waals surface area contributed by atoms with Crippen LogP contribution in [-0.4, -0.2) is 37.3 Å². The number of rotatable bonds is 6. The van der Waals surface area contributed by atoms with E-state index in [9.17, 15) is 9.00 Å². The predicted molar refractivity (Wildman–Crippen MR) is 111 cm³/mol. The highest BCUT2D eigenvalue weighted by molar-refractivity contribution is 7.88. The molecule has 6 heteroatoms. The second-order valence-corrected chi connectivity index (χ2v) is 8.84. The van der Waals surface area contributed by atoms with Gasteiger partial charge in [-0.05, 0) is 47.9 Å². The molecule has 1 aliphatic carbocycles. The highest BCUT2D eigenvalue weighted by Gasteiger charge is 2.34. The molecule has 2 atom stereocenters. The summed E-state index contributed by atoms with van der Waals surface area (Å²) in [6.07, 6.45) is 8.14. The second-order valence-electron chi connectivity index (χ2n) is 7.47. The maximum Gasteiger partial charge on any atom is 0.223 e. The maximum absolute atomic E-state index is 13.1. The summed E-state index contributed by atoms with van der Waals surface area (Å²) in [7, 11) is -0.966. The number of carbonyl (C=O) groups is 1. The molecule has 4 rings (SSSR count). The lowest BCUT2D eigenvalue weighted by Crippen LogP contribution is -2.41. The van der Waals surface area contributed by atoms with Gasteiger partial charge in [0.1, 0.15) is 0 Å². The first kappa shape index (κ1) is 20.4. The quantitative estimate of drug-likeness (QED) is 0.750. The minimum Gasteiger partial charge on any atom is -0.412 e. The Bertz CT molecular complexity index is 835. The summed E-state index contributed by atoms with van der Waals surface area (Å²) in [4.78, 5) is 19.0. The van der Waals surface area contributed by atoms with Crippen LogP contribution in [0, 0.1) is 5.92 Å². The third-order valence-corrected chi connectivity index (χ3v) is 6.71. The van der Waals surface area contributed by atoms with Gasteiger partial charge in [-0.15, -0.1) is 0 Å². The van der Waals surface area contributed by atoms with Gasteiger partial charge in [0, 0.05) is 41.6 Å². The summed E-state index contributed by atoms with van der Waals surface area (Å²) in [6.45, 7) is 0.544. The van der Waals surface area contributed by atoms with E-state index in [4.69, 9.17) is 0 Å². The van der Waals surface area contributed by atoms with Crippen molar-refractivity contribution in [2.75, 3.05) is 5.75 Å². The molecule has 2 unspecified atom stereocenters. The first-order valence-electron chi connectivity index (χ1n) is 9.48. The number of amides is 1. The van der Waals surface area contributed by atoms with Crippen LogP contribution in [-0.2, 0) is 22.1 Å². The molecule has 5 nitrogen and oxygen atoms in total. The first-order chi connectivity index (χ1) is 13.2. The Kier molecular flexibility index (Phi) is 6.75. The number of hydrogen-bond donors (Lipinski definition) is 0. The molecule has 2 heterocycles. The Balaban J connectivity index is 0.00000225. The average molecular weight is 399 g/mol. The number of pyridine rings is 1. The van der Waals surface area contributed by atoms with Crippen LogP contribution in [0.25, 0.3) is 0 Å². The minimum absolute atomic E-state index is 0. The van der Waals surface area contributed by atoms with E-state index >= 15 is 0 Å². The monoisotopic (exact) mass is 398 g/mol. The van der Waals surface area contributed by atoms with Crippen molar-refractivity contribution in [1.29, 1.82) is 0 Å². The van der Waals surface area contributed by atoms with Crippen LogP contribution in [0.4, 0.5) is 0 Å². The fraction of sp³-hybridized carbons (Fsp3) is 0.364. The number of nitrogens with zero attached hydrogens (tertiary/aromatic N) is 2. The molecule has 1 amide bonds. The molecule has 2 N–H and O–H groups in total. The summed E-state index contributed by atoms with van der Waals surface area (Å²) < 4.78 is 11.8. The van der Waals surface area contributed by atoms with Crippen molar-refractivity contribution >= 4 is 16.7 Å². The Morgan fingerprint density at radius 3 is 2.46 bits per heavy atom. The number of hydrogen-bond acceptors (Lipinski definition) is 3. The molecule has 0 spiro atoms. The lowest BCUT2D eigenvalue weighted by Gasteiger charge is -2.37. The molecule has 2 aliphatic rings. The molecule has 1 aliphatic heterocycles. The van der Waals surface area contributed by atoms with Gasteiger partial charge in [-0.2, -0.15) is 0 Å². The van der Waals surface area contributed by atoms with Crippen LogP contribution in [0.5, 0.6) is 0 Å². The van der Waals surface area contributed by atoms with E-state index in [1.54, 1.807) is 17.8 Å². The Hall–Kier alpha value is -2.31. The van der Waals surface area contributed by atoms with Crippen LogP contribution >= 0.6 is 0 Å². The van der Waals surface area contributed by atoms with Crippen LogP contribution in [0.3, 0.4) is 0 Å². The number of aromatic nitrogens is 1. The van der Waals surface area contributed by atoms with Gasteiger partial charge >= 0.3 is 0 Å². The molecule has 1 fully saturated rings. The van der Waals surface area contributed by atoms with Gasteiger partial charge in [-0.3, -0.25) is 14.0 Å². The van der Waals surface area contributed by atoms with Crippen molar-refractivity contribution in [3.05, 3.63) is 77.5 Å². The fourth-order valence-electron chi connectivity index (χ4n) is 3.99. The molecule has 28 heavy (non-hydrogen) atoms. The molecule has 1 aromatic heterocycles. The number of carbonyl (C=O) groups excluding carboxylic acids is 1. The molecular weight excluding hydrogens is 372 g/mol. The van der Waals surface area contributed by atoms with Crippen LogP contribution in [0.1, 0.15) is 36.3 Å². The summed E-state index contributed by atoms with van der Waals surface area (Å²) in [5.41, 5.74) is 2.43. The molecule has 0 radical (unpaired) electrons. The Morgan fingerprint density at radius 2 is 1.82 bits per heavy atom. The van der Waals surface area contributed by atoms with E-state index in [2.05, 4.69) is 29.2 Å². The second kappa shape index (κ2) is 9.26. The topological polar surface area (TPSA) is 81.8 Å². The molecule has 0 bridgehead atoms. The maximum atomic E-state index is 13.1. The minimum atomic E-state index is -0.966. The summed E-state index contributed by atoms with van der Waals surface area (Å²) in [5.74, 6) is 1.70. The number of benzene rings is 1. The Labute approximate surface area is 168 Å². The van der Waals surface area contributed by atoms with Crippen molar-refractivity contribution in [2.24, 2.45) is 5.92 Å². The van der Waals surface area contributed by atoms with Crippen LogP contribution in [0.2, 0.25) is 0 Å². The molecule has 148 valence electrons. The van der Waals surface area contributed by atoms with Crippen molar-refractivity contribution in [2.45, 2.75) is 37.8 Å². The van der Waals surface area contributed by atoms with Gasteiger partial charge in [0.05, 0.1) is 11.8 Å². The SMILES string of the molecule is O.O=C(CC1CC(c2ccccc2)C1)N(Cc1ccncc1)C1C=CS(=O)C1. The predicted octanol–water partition coefficient (Wildman–Crippen LogP) is 2.81. The van der Waals surface area contributed by atoms with Gasteiger partial charge < -0.3 is 10.4 Å². The summed E-state index contributed by atoms with van der Waals surface area (Å²) >= 11 is 0. The zero-order chi connectivity index (χ0) is 18.6. The standard InChI is InChI=1S/C22H24N2O2S.H2O/c25-22(14-18-12-20(13-18)19-4-2-1-3-5-19)24(21-8-11-27(26)16-21)15-17-6-9-23-10-7-17;/h1-11,18,20-21H,12-16H2;1H2. The van der Waals surface area contributed by atoms with Gasteiger partial charge in [0.2, 0.25) is 5.91 Å². The molecule has 1 aromatic carbocycles. The lowest BCUT2D eigenvalue weighted by atomic mass is 9.70. The van der Waals surface area contributed by atoms with Crippen molar-refractivity contribution in [3.63, 3.8) is 0 Å². The lowest BCUT2D eigenvalue weighted by molar-refractivity contribution is -0.134. The zero-order valence-corrected chi connectivity index (χ0v) is 16.6. The van der Waals surface area contributed by atoms with Gasteiger partial charge in [0.15, 0.2) is 0 Å². The van der Waals surface area contributed by atoms with Crippen molar-refractivity contribution in [1.82, 2.24) is 9.88 Å².